The fourth-order valence-electron chi connectivity index (χ4n) is 3.51. The lowest BCUT2D eigenvalue weighted by Gasteiger charge is -2.46. The number of nitrogens with zero attached hydrogens (tertiary/aromatic N) is 4. The Balaban J connectivity index is 1.50. The Bertz CT molecular complexity index is 509. The molecule has 0 spiro atoms. The predicted octanol–water partition coefficient (Wildman–Crippen LogP) is 0.977. The second kappa shape index (κ2) is 7.36. The molecule has 126 valence electrons. The largest absolute Gasteiger partial charge is 0.369 e. The van der Waals surface area contributed by atoms with Crippen molar-refractivity contribution in [3.63, 3.8) is 0 Å². The number of hydrogen-bond donors (Lipinski definition) is 0. The zero-order valence-corrected chi connectivity index (χ0v) is 14.0. The Kier molecular flexibility index (Phi) is 5.23. The molecule has 0 saturated carbocycles. The Morgan fingerprint density at radius 3 is 2.48 bits per heavy atom. The summed E-state index contributed by atoms with van der Waals surface area (Å²) in [5.74, 6) is 0.879. The number of rotatable bonds is 5. The minimum absolute atomic E-state index is 0.158. The van der Waals surface area contributed by atoms with Gasteiger partial charge in [-0.15, -0.1) is 0 Å². The summed E-state index contributed by atoms with van der Waals surface area (Å²) >= 11 is 0. The molecule has 2 bridgehead atoms. The minimum atomic E-state index is 0.158. The smallest absolute Gasteiger partial charge is 0.223 e. The molecule has 1 aromatic rings. The van der Waals surface area contributed by atoms with E-state index in [0.717, 1.165) is 38.3 Å². The number of hydrogen-bond acceptors (Lipinski definition) is 5. The van der Waals surface area contributed by atoms with Gasteiger partial charge >= 0.3 is 0 Å². The van der Waals surface area contributed by atoms with E-state index < -0.39 is 0 Å². The quantitative estimate of drug-likeness (QED) is 0.810. The molecule has 2 atom stereocenters. The number of morpholine rings is 2. The van der Waals surface area contributed by atoms with Gasteiger partial charge in [0.1, 0.15) is 6.33 Å². The number of ether oxygens (including phenoxy) is 1. The van der Waals surface area contributed by atoms with Crippen LogP contribution in [0.2, 0.25) is 0 Å². The molecule has 2 aliphatic rings. The van der Waals surface area contributed by atoms with E-state index in [1.165, 1.54) is 6.33 Å². The molecule has 1 amide bonds. The summed E-state index contributed by atoms with van der Waals surface area (Å²) < 4.78 is 6.02. The number of carbonyl (C=O) groups is 1. The molecular weight excluding hydrogens is 292 g/mol. The van der Waals surface area contributed by atoms with Crippen LogP contribution in [-0.2, 0) is 16.0 Å². The number of aryl methyl sites for hydroxylation is 1. The lowest BCUT2D eigenvalue weighted by Crippen LogP contribution is -2.60. The highest BCUT2D eigenvalue weighted by Gasteiger charge is 2.36. The van der Waals surface area contributed by atoms with Crippen LogP contribution < -0.4 is 0 Å². The lowest BCUT2D eigenvalue weighted by molar-refractivity contribution is -0.161. The summed E-state index contributed by atoms with van der Waals surface area (Å²) in [4.78, 5) is 24.9. The summed E-state index contributed by atoms with van der Waals surface area (Å²) in [5, 5.41) is 0. The summed E-state index contributed by atoms with van der Waals surface area (Å²) in [7, 11) is 0. The van der Waals surface area contributed by atoms with Gasteiger partial charge in [0.2, 0.25) is 5.91 Å². The molecule has 1 aromatic heterocycles. The molecule has 3 rings (SSSR count). The maximum absolute atomic E-state index is 12.5. The van der Waals surface area contributed by atoms with E-state index in [1.807, 2.05) is 4.90 Å². The molecule has 0 N–H and O–H groups in total. The minimum Gasteiger partial charge on any atom is -0.369 e. The Hall–Kier alpha value is -1.53. The molecule has 0 aromatic carbocycles. The topological polar surface area (TPSA) is 58.6 Å². The molecule has 0 radical (unpaired) electrons. The van der Waals surface area contributed by atoms with E-state index in [-0.39, 0.29) is 18.1 Å². The first-order valence-corrected chi connectivity index (χ1v) is 8.49. The van der Waals surface area contributed by atoms with Gasteiger partial charge in [0.05, 0.1) is 12.2 Å². The van der Waals surface area contributed by atoms with Crippen molar-refractivity contribution in [2.24, 2.45) is 5.92 Å². The standard InChI is InChI=1S/C17H26N4O2/c1-13(2)7-20-8-15-10-21(11-16(9-20)23-15)17(22)4-3-14-5-18-12-19-6-14/h5-6,12-13,15-16H,3-4,7-11H2,1-2H3. The van der Waals surface area contributed by atoms with E-state index >= 15 is 0 Å². The van der Waals surface area contributed by atoms with Crippen molar-refractivity contribution in [3.8, 4) is 0 Å². The van der Waals surface area contributed by atoms with E-state index in [1.54, 1.807) is 12.4 Å². The van der Waals surface area contributed by atoms with Crippen molar-refractivity contribution in [1.29, 1.82) is 0 Å². The SMILES string of the molecule is CC(C)CN1CC2CN(C(=O)CCc3cncnc3)CC(C1)O2. The van der Waals surface area contributed by atoms with Crippen LogP contribution in [-0.4, -0.2) is 70.6 Å². The van der Waals surface area contributed by atoms with Crippen LogP contribution in [0.25, 0.3) is 0 Å². The highest BCUT2D eigenvalue weighted by Crippen LogP contribution is 2.20. The maximum Gasteiger partial charge on any atom is 0.223 e. The molecule has 6 nitrogen and oxygen atoms in total. The van der Waals surface area contributed by atoms with Gasteiger partial charge in [-0.05, 0) is 17.9 Å². The van der Waals surface area contributed by atoms with Crippen molar-refractivity contribution < 1.29 is 9.53 Å². The van der Waals surface area contributed by atoms with Gasteiger partial charge in [-0.2, -0.15) is 0 Å². The highest BCUT2D eigenvalue weighted by molar-refractivity contribution is 5.76. The molecule has 2 unspecified atom stereocenters. The van der Waals surface area contributed by atoms with E-state index in [9.17, 15) is 4.79 Å². The third-order valence-electron chi connectivity index (χ3n) is 4.37. The fourth-order valence-corrected chi connectivity index (χ4v) is 3.51. The summed E-state index contributed by atoms with van der Waals surface area (Å²) in [6, 6.07) is 0. The molecule has 0 aliphatic carbocycles. The Morgan fingerprint density at radius 2 is 1.87 bits per heavy atom. The van der Waals surface area contributed by atoms with Gasteiger partial charge in [0, 0.05) is 51.5 Å². The monoisotopic (exact) mass is 318 g/mol. The maximum atomic E-state index is 12.5. The average Bonchev–Trinajstić information content (AvgIpc) is 2.52. The summed E-state index contributed by atoms with van der Waals surface area (Å²) in [6.45, 7) is 8.90. The summed E-state index contributed by atoms with van der Waals surface area (Å²) in [5.41, 5.74) is 1.01. The van der Waals surface area contributed by atoms with Crippen molar-refractivity contribution in [2.75, 3.05) is 32.7 Å². The van der Waals surface area contributed by atoms with Crippen molar-refractivity contribution in [3.05, 3.63) is 24.3 Å². The van der Waals surface area contributed by atoms with Crippen molar-refractivity contribution >= 4 is 5.91 Å². The van der Waals surface area contributed by atoms with Gasteiger partial charge in [0.25, 0.3) is 0 Å². The third-order valence-corrected chi connectivity index (χ3v) is 4.37. The molecule has 23 heavy (non-hydrogen) atoms. The first-order chi connectivity index (χ1) is 11.1. The second-order valence-corrected chi connectivity index (χ2v) is 7.04. The number of carbonyl (C=O) groups excluding carboxylic acids is 1. The molecular formula is C17H26N4O2. The van der Waals surface area contributed by atoms with Crippen molar-refractivity contribution in [1.82, 2.24) is 19.8 Å². The van der Waals surface area contributed by atoms with Gasteiger partial charge in [-0.25, -0.2) is 9.97 Å². The predicted molar refractivity (Wildman–Crippen MR) is 86.9 cm³/mol. The number of fused-ring (bicyclic) bond motifs is 2. The first-order valence-electron chi connectivity index (χ1n) is 8.49. The lowest BCUT2D eigenvalue weighted by atomic mass is 10.1. The van der Waals surface area contributed by atoms with Gasteiger partial charge < -0.3 is 9.64 Å². The zero-order valence-electron chi connectivity index (χ0n) is 14.0. The molecule has 3 heterocycles. The normalized spacial score (nSPS) is 24.9. The zero-order chi connectivity index (χ0) is 16.2. The molecule has 2 saturated heterocycles. The van der Waals surface area contributed by atoms with Gasteiger partial charge in [-0.3, -0.25) is 9.69 Å². The van der Waals surface area contributed by atoms with Gasteiger partial charge in [-0.1, -0.05) is 13.8 Å². The van der Waals surface area contributed by atoms with Crippen molar-refractivity contribution in [2.45, 2.75) is 38.9 Å². The fraction of sp³-hybridized carbons (Fsp3) is 0.706. The third kappa shape index (κ3) is 4.48. The number of aromatic nitrogens is 2. The van der Waals surface area contributed by atoms with Crippen LogP contribution >= 0.6 is 0 Å². The highest BCUT2D eigenvalue weighted by atomic mass is 16.5. The van der Waals surface area contributed by atoms with E-state index in [4.69, 9.17) is 4.74 Å². The Morgan fingerprint density at radius 1 is 1.22 bits per heavy atom. The van der Waals surface area contributed by atoms with Crippen LogP contribution in [0.1, 0.15) is 25.8 Å². The summed E-state index contributed by atoms with van der Waals surface area (Å²) in [6.07, 6.45) is 6.60. The van der Waals surface area contributed by atoms with Crippen LogP contribution in [0, 0.1) is 5.92 Å². The van der Waals surface area contributed by atoms with Crippen LogP contribution in [0.4, 0.5) is 0 Å². The van der Waals surface area contributed by atoms with Crippen LogP contribution in [0.3, 0.4) is 0 Å². The molecule has 6 heteroatoms. The Labute approximate surface area is 137 Å². The second-order valence-electron chi connectivity index (χ2n) is 7.04. The molecule has 2 aliphatic heterocycles. The average molecular weight is 318 g/mol. The van der Waals surface area contributed by atoms with Gasteiger partial charge in [0.15, 0.2) is 0 Å². The van der Waals surface area contributed by atoms with Crippen LogP contribution in [0.15, 0.2) is 18.7 Å². The van der Waals surface area contributed by atoms with E-state index in [2.05, 4.69) is 28.7 Å². The van der Waals surface area contributed by atoms with E-state index in [0.29, 0.717) is 18.8 Å². The first kappa shape index (κ1) is 16.3. The number of amides is 1. The van der Waals surface area contributed by atoms with Crippen LogP contribution in [0.5, 0.6) is 0 Å². The molecule has 2 fully saturated rings.